The second-order valence-corrected chi connectivity index (χ2v) is 6.08. The summed E-state index contributed by atoms with van der Waals surface area (Å²) >= 11 is 0. The number of rotatable bonds is 3. The minimum absolute atomic E-state index is 0.0428. The molecule has 1 aromatic carbocycles. The lowest BCUT2D eigenvalue weighted by Gasteiger charge is -2.06. The van der Waals surface area contributed by atoms with E-state index in [0.29, 0.717) is 16.6 Å². The number of H-pyrrole nitrogens is 1. The van der Waals surface area contributed by atoms with Gasteiger partial charge in [-0.2, -0.15) is 0 Å². The van der Waals surface area contributed by atoms with Gasteiger partial charge in [0.2, 0.25) is 0 Å². The predicted molar refractivity (Wildman–Crippen MR) is 77.7 cm³/mol. The quantitative estimate of drug-likeness (QED) is 0.645. The van der Waals surface area contributed by atoms with Gasteiger partial charge in [-0.25, -0.2) is 17.8 Å². The molecule has 3 rings (SSSR count). The number of nitrogens with two attached hydrogens (primary N) is 1. The fourth-order valence-electron chi connectivity index (χ4n) is 1.97. The third-order valence-electron chi connectivity index (χ3n) is 2.92. The molecule has 4 N–H and O–H groups in total. The lowest BCUT2D eigenvalue weighted by molar-refractivity contribution is 0.601. The van der Waals surface area contributed by atoms with Gasteiger partial charge in [-0.15, -0.1) is 0 Å². The Kier molecular flexibility index (Phi) is 3.02. The molecule has 8 heteroatoms. The van der Waals surface area contributed by atoms with Crippen molar-refractivity contribution in [1.29, 1.82) is 0 Å². The highest BCUT2D eigenvalue weighted by Gasteiger charge is 2.19. The molecule has 0 aliphatic rings. The maximum Gasteiger partial charge on any atom is 0.265 e. The first-order chi connectivity index (χ1) is 9.95. The number of nitrogen functional groups attached to an aromatic ring is 1. The Bertz CT molecular complexity index is 904. The first-order valence-corrected chi connectivity index (χ1v) is 7.45. The van der Waals surface area contributed by atoms with Crippen LogP contribution in [-0.2, 0) is 10.0 Å². The Morgan fingerprint density at radius 2 is 2.05 bits per heavy atom. The second-order valence-electron chi connectivity index (χ2n) is 4.43. The molecule has 108 valence electrons. The fraction of sp³-hybridized carbons (Fsp3) is 0. The highest BCUT2D eigenvalue weighted by molar-refractivity contribution is 7.93. The van der Waals surface area contributed by atoms with Crippen LogP contribution in [0.4, 0.5) is 15.9 Å². The average Bonchev–Trinajstić information content (AvgIpc) is 2.85. The van der Waals surface area contributed by atoms with Crippen LogP contribution < -0.4 is 10.5 Å². The van der Waals surface area contributed by atoms with Gasteiger partial charge in [-0.1, -0.05) is 0 Å². The largest absolute Gasteiger partial charge is 0.399 e. The lowest BCUT2D eigenvalue weighted by Crippen LogP contribution is -2.13. The smallest absolute Gasteiger partial charge is 0.265 e. The van der Waals surface area contributed by atoms with E-state index in [0.717, 1.165) is 12.3 Å². The molecule has 0 aliphatic heterocycles. The molecule has 2 heterocycles. The number of benzene rings is 1. The van der Waals surface area contributed by atoms with Crippen molar-refractivity contribution in [2.45, 2.75) is 4.90 Å². The van der Waals surface area contributed by atoms with Crippen LogP contribution in [0.3, 0.4) is 0 Å². The average molecular weight is 306 g/mol. The van der Waals surface area contributed by atoms with Gasteiger partial charge in [0.05, 0.1) is 6.20 Å². The molecule has 0 unspecified atom stereocenters. The molecule has 21 heavy (non-hydrogen) atoms. The molecular formula is C13H11FN4O2S. The van der Waals surface area contributed by atoms with Crippen LogP contribution in [-0.4, -0.2) is 18.4 Å². The molecule has 0 radical (unpaired) electrons. The van der Waals surface area contributed by atoms with Crippen LogP contribution in [0.1, 0.15) is 0 Å². The van der Waals surface area contributed by atoms with E-state index in [1.165, 1.54) is 12.3 Å². The number of anilines is 2. The minimum Gasteiger partial charge on any atom is -0.399 e. The number of halogens is 1. The summed E-state index contributed by atoms with van der Waals surface area (Å²) < 4.78 is 39.8. The number of hydrogen-bond acceptors (Lipinski definition) is 4. The van der Waals surface area contributed by atoms with Crippen LogP contribution in [0.2, 0.25) is 0 Å². The highest BCUT2D eigenvalue weighted by atomic mass is 32.2. The highest BCUT2D eigenvalue weighted by Crippen LogP contribution is 2.25. The van der Waals surface area contributed by atoms with E-state index in [4.69, 9.17) is 5.73 Å². The fourth-order valence-corrected chi connectivity index (χ4v) is 3.16. The molecule has 0 saturated heterocycles. The zero-order chi connectivity index (χ0) is 15.0. The zero-order valence-electron chi connectivity index (χ0n) is 10.7. The van der Waals surface area contributed by atoms with Crippen molar-refractivity contribution in [1.82, 2.24) is 9.97 Å². The van der Waals surface area contributed by atoms with Crippen molar-refractivity contribution >= 4 is 32.4 Å². The van der Waals surface area contributed by atoms with E-state index >= 15 is 0 Å². The molecule has 0 saturated carbocycles. The summed E-state index contributed by atoms with van der Waals surface area (Å²) in [4.78, 5) is 6.60. The first kappa shape index (κ1) is 13.4. The normalized spacial score (nSPS) is 11.7. The predicted octanol–water partition coefficient (Wildman–Crippen LogP) is 2.08. The molecule has 0 bridgehead atoms. The molecule has 6 nitrogen and oxygen atoms in total. The van der Waals surface area contributed by atoms with E-state index in [9.17, 15) is 12.8 Å². The summed E-state index contributed by atoms with van der Waals surface area (Å²) in [6, 6.07) is 7.25. The van der Waals surface area contributed by atoms with Gasteiger partial charge in [0.15, 0.2) is 0 Å². The Hall–Kier alpha value is -2.61. The first-order valence-electron chi connectivity index (χ1n) is 5.97. The second kappa shape index (κ2) is 4.74. The summed E-state index contributed by atoms with van der Waals surface area (Å²) in [5.74, 6) is -0.498. The maximum absolute atomic E-state index is 12.8. The Morgan fingerprint density at radius 3 is 2.76 bits per heavy atom. The summed E-state index contributed by atoms with van der Waals surface area (Å²) in [5, 5.41) is 0.513. The number of hydrogen-bond donors (Lipinski definition) is 3. The summed E-state index contributed by atoms with van der Waals surface area (Å²) in [6.45, 7) is 0. The maximum atomic E-state index is 12.8. The number of fused-ring (bicyclic) bond motifs is 1. The molecule has 0 aliphatic carbocycles. The van der Waals surface area contributed by atoms with E-state index in [-0.39, 0.29) is 10.7 Å². The van der Waals surface area contributed by atoms with Gasteiger partial charge in [0.25, 0.3) is 10.0 Å². The SMILES string of the molecule is Nc1ccc2c(S(=O)(=O)Nc3ccc(F)cn3)c[nH]c2c1. The van der Waals surface area contributed by atoms with Crippen molar-refractivity contribution in [3.63, 3.8) is 0 Å². The van der Waals surface area contributed by atoms with E-state index in [2.05, 4.69) is 14.7 Å². The van der Waals surface area contributed by atoms with Crippen molar-refractivity contribution < 1.29 is 12.8 Å². The van der Waals surface area contributed by atoms with Crippen LogP contribution in [0.15, 0.2) is 47.6 Å². The van der Waals surface area contributed by atoms with Crippen molar-refractivity contribution in [3.05, 3.63) is 48.5 Å². The number of nitrogens with one attached hydrogen (secondary N) is 2. The number of aromatic amines is 1. The number of sulfonamides is 1. The van der Waals surface area contributed by atoms with Gasteiger partial charge in [-0.05, 0) is 30.3 Å². The standard InChI is InChI=1S/C13H11FN4O2S/c14-8-1-4-13(17-6-8)18-21(19,20)12-7-16-11-5-9(15)2-3-10(11)12/h1-7,16H,15H2,(H,17,18). The summed E-state index contributed by atoms with van der Waals surface area (Å²) in [6.07, 6.45) is 2.31. The van der Waals surface area contributed by atoms with Gasteiger partial charge in [0.1, 0.15) is 16.5 Å². The van der Waals surface area contributed by atoms with Crippen LogP contribution >= 0.6 is 0 Å². The summed E-state index contributed by atoms with van der Waals surface area (Å²) in [7, 11) is -3.83. The van der Waals surface area contributed by atoms with E-state index < -0.39 is 15.8 Å². The zero-order valence-corrected chi connectivity index (χ0v) is 11.5. The lowest BCUT2D eigenvalue weighted by atomic mass is 10.2. The third-order valence-corrected chi connectivity index (χ3v) is 4.32. The van der Waals surface area contributed by atoms with Crippen molar-refractivity contribution in [2.75, 3.05) is 10.5 Å². The van der Waals surface area contributed by atoms with Gasteiger partial charge < -0.3 is 10.7 Å². The molecule has 0 amide bonds. The molecule has 3 aromatic rings. The van der Waals surface area contributed by atoms with Crippen molar-refractivity contribution in [2.24, 2.45) is 0 Å². The van der Waals surface area contributed by atoms with Gasteiger partial charge in [-0.3, -0.25) is 4.72 Å². The molecule has 0 atom stereocenters. The number of nitrogens with zero attached hydrogens (tertiary/aromatic N) is 1. The minimum atomic E-state index is -3.83. The van der Waals surface area contributed by atoms with Crippen molar-refractivity contribution in [3.8, 4) is 0 Å². The summed E-state index contributed by atoms with van der Waals surface area (Å²) in [5.41, 5.74) is 6.79. The van der Waals surface area contributed by atoms with Crippen LogP contribution in [0.5, 0.6) is 0 Å². The molecule has 0 fully saturated rings. The monoisotopic (exact) mass is 306 g/mol. The topological polar surface area (TPSA) is 101 Å². The van der Waals surface area contributed by atoms with Gasteiger partial charge >= 0.3 is 0 Å². The third kappa shape index (κ3) is 2.52. The Balaban J connectivity index is 2.02. The molecule has 2 aromatic heterocycles. The van der Waals surface area contributed by atoms with Crippen LogP contribution in [0, 0.1) is 5.82 Å². The number of aromatic nitrogens is 2. The molecule has 0 spiro atoms. The van der Waals surface area contributed by atoms with E-state index in [1.807, 2.05) is 0 Å². The van der Waals surface area contributed by atoms with Crippen LogP contribution in [0.25, 0.3) is 10.9 Å². The Labute approximate surface area is 119 Å². The molecular weight excluding hydrogens is 295 g/mol. The van der Waals surface area contributed by atoms with E-state index in [1.54, 1.807) is 18.2 Å². The number of pyridine rings is 1. The Morgan fingerprint density at radius 1 is 1.24 bits per heavy atom. The van der Waals surface area contributed by atoms with Gasteiger partial charge in [0, 0.05) is 22.8 Å².